The molecule has 2 rings (SSSR count). The minimum Gasteiger partial charge on any atom is -0.490 e. The van der Waals surface area contributed by atoms with Crippen LogP contribution in [0.5, 0.6) is 5.75 Å². The van der Waals surface area contributed by atoms with Gasteiger partial charge < -0.3 is 4.74 Å². The molecule has 0 aliphatic rings. The molecule has 1 heterocycles. The highest BCUT2D eigenvalue weighted by Gasteiger charge is 2.12. The second-order valence-electron chi connectivity index (χ2n) is 4.61. The van der Waals surface area contributed by atoms with Crippen LogP contribution in [0.25, 0.3) is 11.3 Å². The van der Waals surface area contributed by atoms with E-state index in [2.05, 4.69) is 9.97 Å². The molecule has 5 heteroatoms. The number of ether oxygens (including phenoxy) is 1. The zero-order valence-corrected chi connectivity index (χ0v) is 11.5. The van der Waals surface area contributed by atoms with Gasteiger partial charge in [0.2, 0.25) is 0 Å². The van der Waals surface area contributed by atoms with Gasteiger partial charge in [-0.3, -0.25) is 0 Å². The number of benzene rings is 1. The summed E-state index contributed by atoms with van der Waals surface area (Å²) in [6, 6.07) is 6.23. The molecule has 102 valence electrons. The normalized spacial score (nSPS) is 10.4. The standard InChI is InChI=1S/C15H14FN3O/c1-9(2)20-15-6-11(16)4-5-12(15)14-8-18-13(7-17)10(3)19-14/h4-6,8-9H,1-3H3. The van der Waals surface area contributed by atoms with Crippen molar-refractivity contribution in [2.24, 2.45) is 0 Å². The maximum atomic E-state index is 13.4. The Morgan fingerprint density at radius 2 is 2.10 bits per heavy atom. The van der Waals surface area contributed by atoms with Crippen LogP contribution in [0.3, 0.4) is 0 Å². The molecule has 0 spiro atoms. The minimum atomic E-state index is -0.372. The zero-order valence-electron chi connectivity index (χ0n) is 11.5. The first kappa shape index (κ1) is 13.9. The summed E-state index contributed by atoms with van der Waals surface area (Å²) in [5.41, 5.74) is 2.02. The number of halogens is 1. The third-order valence-corrected chi connectivity index (χ3v) is 2.63. The second kappa shape index (κ2) is 5.66. The van der Waals surface area contributed by atoms with Gasteiger partial charge in [0.15, 0.2) is 5.69 Å². The maximum Gasteiger partial charge on any atom is 0.161 e. The van der Waals surface area contributed by atoms with E-state index in [0.717, 1.165) is 0 Å². The molecule has 0 saturated heterocycles. The minimum absolute atomic E-state index is 0.0806. The van der Waals surface area contributed by atoms with Crippen LogP contribution in [0.15, 0.2) is 24.4 Å². The molecule has 0 saturated carbocycles. The molecule has 1 aromatic heterocycles. The summed E-state index contributed by atoms with van der Waals surface area (Å²) in [6.07, 6.45) is 1.41. The first-order chi connectivity index (χ1) is 9.51. The van der Waals surface area contributed by atoms with E-state index in [9.17, 15) is 4.39 Å². The van der Waals surface area contributed by atoms with E-state index in [1.165, 1.54) is 18.3 Å². The Labute approximate surface area is 116 Å². The maximum absolute atomic E-state index is 13.4. The van der Waals surface area contributed by atoms with Crippen molar-refractivity contribution < 1.29 is 9.13 Å². The summed E-state index contributed by atoms with van der Waals surface area (Å²) >= 11 is 0. The van der Waals surface area contributed by atoms with Crippen molar-refractivity contribution in [1.29, 1.82) is 5.26 Å². The highest BCUT2D eigenvalue weighted by molar-refractivity contribution is 5.66. The van der Waals surface area contributed by atoms with E-state index in [4.69, 9.17) is 10.00 Å². The van der Waals surface area contributed by atoms with Gasteiger partial charge in [0.25, 0.3) is 0 Å². The van der Waals surface area contributed by atoms with Crippen LogP contribution in [-0.4, -0.2) is 16.1 Å². The van der Waals surface area contributed by atoms with Gasteiger partial charge in [0.1, 0.15) is 17.6 Å². The van der Waals surface area contributed by atoms with Gasteiger partial charge in [-0.05, 0) is 32.9 Å². The summed E-state index contributed by atoms with van der Waals surface area (Å²) in [5, 5.41) is 8.86. The first-order valence-corrected chi connectivity index (χ1v) is 6.21. The average molecular weight is 271 g/mol. The summed E-state index contributed by atoms with van der Waals surface area (Å²) < 4.78 is 19.0. The van der Waals surface area contributed by atoms with Crippen molar-refractivity contribution in [2.45, 2.75) is 26.9 Å². The number of aryl methyl sites for hydroxylation is 1. The summed E-state index contributed by atoms with van der Waals surface area (Å²) in [5.74, 6) is 0.0427. The van der Waals surface area contributed by atoms with Gasteiger partial charge >= 0.3 is 0 Å². The molecule has 4 nitrogen and oxygen atoms in total. The number of hydrogen-bond donors (Lipinski definition) is 0. The van der Waals surface area contributed by atoms with Gasteiger partial charge in [0.05, 0.1) is 23.7 Å². The SMILES string of the molecule is Cc1nc(-c2ccc(F)cc2OC(C)C)cnc1C#N. The fourth-order valence-corrected chi connectivity index (χ4v) is 1.78. The fourth-order valence-electron chi connectivity index (χ4n) is 1.78. The highest BCUT2D eigenvalue weighted by Crippen LogP contribution is 2.30. The molecular formula is C15H14FN3O. The Bertz CT molecular complexity index is 677. The van der Waals surface area contributed by atoms with E-state index in [0.29, 0.717) is 22.7 Å². The Kier molecular flexibility index (Phi) is 3.94. The van der Waals surface area contributed by atoms with E-state index in [-0.39, 0.29) is 17.6 Å². The Morgan fingerprint density at radius 3 is 2.70 bits per heavy atom. The Hall–Kier alpha value is -2.48. The van der Waals surface area contributed by atoms with E-state index in [1.807, 2.05) is 19.9 Å². The molecule has 0 atom stereocenters. The van der Waals surface area contributed by atoms with Crippen molar-refractivity contribution in [2.75, 3.05) is 0 Å². The lowest BCUT2D eigenvalue weighted by Gasteiger charge is -2.14. The van der Waals surface area contributed by atoms with E-state index in [1.54, 1.807) is 13.0 Å². The monoisotopic (exact) mass is 271 g/mol. The molecule has 0 fully saturated rings. The molecule has 0 amide bonds. The quantitative estimate of drug-likeness (QED) is 0.859. The molecule has 0 radical (unpaired) electrons. The third kappa shape index (κ3) is 2.91. The van der Waals surface area contributed by atoms with Gasteiger partial charge in [-0.2, -0.15) is 5.26 Å². The van der Waals surface area contributed by atoms with E-state index < -0.39 is 0 Å². The van der Waals surface area contributed by atoms with E-state index >= 15 is 0 Å². The van der Waals surface area contributed by atoms with Crippen LogP contribution >= 0.6 is 0 Å². The summed E-state index contributed by atoms with van der Waals surface area (Å²) in [4.78, 5) is 8.37. The molecule has 2 aromatic rings. The predicted octanol–water partition coefficient (Wildman–Crippen LogP) is 3.25. The number of hydrogen-bond acceptors (Lipinski definition) is 4. The lowest BCUT2D eigenvalue weighted by Crippen LogP contribution is -2.07. The first-order valence-electron chi connectivity index (χ1n) is 6.21. The number of nitrogens with zero attached hydrogens (tertiary/aromatic N) is 3. The molecule has 0 unspecified atom stereocenters. The zero-order chi connectivity index (χ0) is 14.7. The molecule has 0 aliphatic carbocycles. The van der Waals surface area contributed by atoms with Crippen LogP contribution in [0.4, 0.5) is 4.39 Å². The van der Waals surface area contributed by atoms with Crippen molar-refractivity contribution in [1.82, 2.24) is 9.97 Å². The van der Waals surface area contributed by atoms with Crippen molar-refractivity contribution >= 4 is 0 Å². The fraction of sp³-hybridized carbons (Fsp3) is 0.267. The van der Waals surface area contributed by atoms with Crippen LogP contribution < -0.4 is 4.74 Å². The number of aromatic nitrogens is 2. The molecule has 1 aromatic carbocycles. The van der Waals surface area contributed by atoms with Crippen LogP contribution in [0.1, 0.15) is 25.2 Å². The molecule has 0 aliphatic heterocycles. The lowest BCUT2D eigenvalue weighted by molar-refractivity contribution is 0.242. The van der Waals surface area contributed by atoms with Gasteiger partial charge in [-0.1, -0.05) is 0 Å². The smallest absolute Gasteiger partial charge is 0.161 e. The van der Waals surface area contributed by atoms with Gasteiger partial charge in [-0.25, -0.2) is 14.4 Å². The van der Waals surface area contributed by atoms with Gasteiger partial charge in [0, 0.05) is 11.6 Å². The average Bonchev–Trinajstić information content (AvgIpc) is 2.38. The predicted molar refractivity (Wildman–Crippen MR) is 72.6 cm³/mol. The van der Waals surface area contributed by atoms with Crippen LogP contribution in [0.2, 0.25) is 0 Å². The van der Waals surface area contributed by atoms with Crippen LogP contribution in [0, 0.1) is 24.1 Å². The second-order valence-corrected chi connectivity index (χ2v) is 4.61. The van der Waals surface area contributed by atoms with Crippen LogP contribution in [-0.2, 0) is 0 Å². The molecule has 20 heavy (non-hydrogen) atoms. The topological polar surface area (TPSA) is 58.8 Å². The number of rotatable bonds is 3. The Morgan fingerprint density at radius 1 is 1.35 bits per heavy atom. The largest absolute Gasteiger partial charge is 0.490 e. The van der Waals surface area contributed by atoms with Crippen molar-refractivity contribution in [3.8, 4) is 23.1 Å². The molecule has 0 bridgehead atoms. The highest BCUT2D eigenvalue weighted by atomic mass is 19.1. The third-order valence-electron chi connectivity index (χ3n) is 2.63. The van der Waals surface area contributed by atoms with Gasteiger partial charge in [-0.15, -0.1) is 0 Å². The Balaban J connectivity index is 2.52. The van der Waals surface area contributed by atoms with Crippen molar-refractivity contribution in [3.05, 3.63) is 41.6 Å². The summed E-state index contributed by atoms with van der Waals surface area (Å²) in [7, 11) is 0. The molecular weight excluding hydrogens is 257 g/mol. The lowest BCUT2D eigenvalue weighted by atomic mass is 10.1. The molecule has 0 N–H and O–H groups in total. The summed E-state index contributed by atoms with van der Waals surface area (Å²) in [6.45, 7) is 5.44. The van der Waals surface area contributed by atoms with Crippen molar-refractivity contribution in [3.63, 3.8) is 0 Å². The number of nitriles is 1.